The van der Waals surface area contributed by atoms with Gasteiger partial charge in [0.25, 0.3) is 0 Å². The summed E-state index contributed by atoms with van der Waals surface area (Å²) in [5, 5.41) is 11.3. The van der Waals surface area contributed by atoms with Crippen molar-refractivity contribution < 1.29 is 50.8 Å². The highest BCUT2D eigenvalue weighted by atomic mass is 32.1. The van der Waals surface area contributed by atoms with Crippen LogP contribution in [0.3, 0.4) is 0 Å². The lowest BCUT2D eigenvalue weighted by molar-refractivity contribution is -0.342. The van der Waals surface area contributed by atoms with Crippen LogP contribution in [0.1, 0.15) is 64.6 Å². The number of fused-ring (bicyclic) bond motifs is 1. The molecule has 0 unspecified atom stereocenters. The van der Waals surface area contributed by atoms with Gasteiger partial charge in [-0.2, -0.15) is 0 Å². The van der Waals surface area contributed by atoms with Gasteiger partial charge in [-0.15, -0.1) is 11.3 Å². The van der Waals surface area contributed by atoms with Crippen LogP contribution >= 0.6 is 11.3 Å². The van der Waals surface area contributed by atoms with Gasteiger partial charge in [-0.25, -0.2) is 14.2 Å². The molecule has 2 amide bonds. The van der Waals surface area contributed by atoms with Crippen LogP contribution in [-0.4, -0.2) is 85.4 Å². The van der Waals surface area contributed by atoms with Crippen LogP contribution in [-0.2, 0) is 31.0 Å². The van der Waals surface area contributed by atoms with Crippen LogP contribution in [0.25, 0.3) is 6.08 Å². The Labute approximate surface area is 343 Å². The van der Waals surface area contributed by atoms with Gasteiger partial charge >= 0.3 is 13.4 Å². The molecular formula is C41H46BF3N6O7S. The van der Waals surface area contributed by atoms with Crippen molar-refractivity contribution in [2.24, 2.45) is 0 Å². The number of halogens is 3. The summed E-state index contributed by atoms with van der Waals surface area (Å²) in [7, 11) is -2.49. The number of aryl methyl sites for hydroxylation is 2. The van der Waals surface area contributed by atoms with Crippen molar-refractivity contribution in [3.05, 3.63) is 105 Å². The molecule has 59 heavy (non-hydrogen) atoms. The number of hydrogen-bond acceptors (Lipinski definition) is 10. The summed E-state index contributed by atoms with van der Waals surface area (Å²) >= 11 is 1.32. The molecule has 1 atom stereocenters. The number of thiazole rings is 1. The zero-order valence-electron chi connectivity index (χ0n) is 33.2. The van der Waals surface area contributed by atoms with Crippen LogP contribution < -0.4 is 25.4 Å². The molecule has 13 nitrogen and oxygen atoms in total. The lowest BCUT2D eigenvalue weighted by Crippen LogP contribution is -2.47. The number of hydrogen-bond donors (Lipinski definition) is 4. The van der Waals surface area contributed by atoms with Crippen LogP contribution in [0.15, 0.2) is 65.8 Å². The Balaban J connectivity index is 1.05. The second-order valence-corrected chi connectivity index (χ2v) is 15.2. The zero-order valence-corrected chi connectivity index (χ0v) is 34.0. The minimum atomic E-state index is -3.65. The zero-order chi connectivity index (χ0) is 42.1. The Morgan fingerprint density at radius 2 is 1.90 bits per heavy atom. The van der Waals surface area contributed by atoms with Gasteiger partial charge < -0.3 is 53.0 Å². The number of amides is 2. The molecule has 4 heterocycles. The molecule has 0 fully saturated rings. The van der Waals surface area contributed by atoms with Gasteiger partial charge in [0.2, 0.25) is 11.8 Å². The molecule has 4 N–H and O–H groups in total. The number of nitrogens with one attached hydrogen (secondary N) is 4. The molecule has 0 aliphatic carbocycles. The van der Waals surface area contributed by atoms with Crippen LogP contribution in [0.4, 0.5) is 18.2 Å². The van der Waals surface area contributed by atoms with Gasteiger partial charge in [-0.1, -0.05) is 0 Å². The van der Waals surface area contributed by atoms with Crippen LogP contribution in [0.2, 0.25) is 0 Å². The van der Waals surface area contributed by atoms with Crippen molar-refractivity contribution in [3.63, 3.8) is 0 Å². The van der Waals surface area contributed by atoms with Gasteiger partial charge in [0, 0.05) is 85.2 Å². The molecule has 2 aromatic heterocycles. The highest BCUT2D eigenvalue weighted by Gasteiger charge is 2.36. The summed E-state index contributed by atoms with van der Waals surface area (Å²) in [6.07, 6.45) is 7.47. The average Bonchev–Trinajstić information content (AvgIpc) is 3.93. The number of anilines is 1. The standard InChI is InChI=1S/C41H46BF3N6O7S/c1-25-19-26(2)49-34(25)21-29-6-5-28(51(29)42(44)45)7-10-37(52)46-13-15-56-16-17-57-35-20-27-11-12-48-41(3,24-38(53)50-40-47-14-18-59-40)32(27)23-36(35)58-30-8-9-31(33(43)22-30)39(54)55-4/h5-6,8-9,14,18-23,42,48-49H,7,10-13,15-17,24H2,1-4H3,(H,46,52)(H,47,50,53)/b29-21-/t41-/m1/s1. The molecule has 2 aliphatic rings. The Morgan fingerprint density at radius 3 is 2.61 bits per heavy atom. The molecule has 312 valence electrons. The second-order valence-electron chi connectivity index (χ2n) is 14.3. The van der Waals surface area contributed by atoms with Gasteiger partial charge in [0.1, 0.15) is 23.9 Å². The number of benzene rings is 2. The Kier molecular flexibility index (Phi) is 14.1. The molecule has 0 radical (unpaired) electrons. The fourth-order valence-corrected chi connectivity index (χ4v) is 7.63. The third-order valence-electron chi connectivity index (χ3n) is 9.93. The van der Waals surface area contributed by atoms with Gasteiger partial charge in [0.05, 0.1) is 25.9 Å². The molecule has 2 aromatic carbocycles. The highest BCUT2D eigenvalue weighted by molar-refractivity contribution is 7.13. The smallest absolute Gasteiger partial charge is 0.487 e. The summed E-state index contributed by atoms with van der Waals surface area (Å²) in [5.74, 6) is -1.48. The van der Waals surface area contributed by atoms with E-state index >= 15 is 0 Å². The lowest BCUT2D eigenvalue weighted by Gasteiger charge is -2.37. The molecule has 2 aliphatic heterocycles. The fourth-order valence-electron chi connectivity index (χ4n) is 7.09. The van der Waals surface area contributed by atoms with E-state index in [4.69, 9.17) is 14.2 Å². The van der Waals surface area contributed by atoms with E-state index in [0.29, 0.717) is 35.3 Å². The number of H-pyrrole nitrogens is 1. The first-order valence-electron chi connectivity index (χ1n) is 19.1. The number of aromatic nitrogens is 2. The maximum absolute atomic E-state index is 14.9. The molecule has 18 heteroatoms. The number of carbonyl (C=O) groups excluding carboxylic acids is 3. The first-order chi connectivity index (χ1) is 28.3. The number of nitrogens with zero attached hydrogens (tertiary/aromatic N) is 2. The monoisotopic (exact) mass is 834 g/mol. The number of aromatic amines is 1. The number of methoxy groups -OCH3 is 1. The fraction of sp³-hybridized carbons (Fsp3) is 0.341. The lowest BCUT2D eigenvalue weighted by atomic mass is 9.81. The normalized spacial score (nSPS) is 16.7. The topological polar surface area (TPSA) is 156 Å². The number of ether oxygens (including phenoxy) is 4. The molecule has 0 spiro atoms. The van der Waals surface area contributed by atoms with E-state index in [9.17, 15) is 27.4 Å². The first-order valence-corrected chi connectivity index (χ1v) is 20.0. The van der Waals surface area contributed by atoms with E-state index in [2.05, 4.69) is 30.7 Å². The van der Waals surface area contributed by atoms with E-state index < -0.39 is 24.7 Å². The maximum atomic E-state index is 14.9. The van der Waals surface area contributed by atoms with Crippen LogP contribution in [0.5, 0.6) is 17.2 Å². The van der Waals surface area contributed by atoms with Crippen molar-refractivity contribution in [1.82, 2.24) is 20.6 Å². The van der Waals surface area contributed by atoms with Crippen molar-refractivity contribution in [3.8, 4) is 17.2 Å². The van der Waals surface area contributed by atoms with E-state index in [-0.39, 0.29) is 74.5 Å². The molecule has 0 saturated carbocycles. The van der Waals surface area contributed by atoms with Gasteiger partial charge in [-0.05, 0) is 74.2 Å². The predicted molar refractivity (Wildman–Crippen MR) is 219 cm³/mol. The Bertz CT molecular complexity index is 2280. The Morgan fingerprint density at radius 1 is 1.07 bits per heavy atom. The number of esters is 1. The van der Waals surface area contributed by atoms with Crippen molar-refractivity contribution in [1.29, 1.82) is 0 Å². The van der Waals surface area contributed by atoms with Crippen molar-refractivity contribution in [2.45, 2.75) is 52.0 Å². The Hall–Kier alpha value is -5.72. The van der Waals surface area contributed by atoms with Crippen molar-refractivity contribution in [2.75, 3.05) is 45.3 Å². The molecule has 6 rings (SSSR count). The van der Waals surface area contributed by atoms with E-state index in [1.807, 2.05) is 32.9 Å². The van der Waals surface area contributed by atoms with E-state index in [0.717, 1.165) is 45.7 Å². The van der Waals surface area contributed by atoms with E-state index in [1.54, 1.807) is 35.9 Å². The number of allylic oxidation sites excluding steroid dienone is 2. The largest absolute Gasteiger partial charge is 0.602 e. The van der Waals surface area contributed by atoms with Gasteiger partial charge in [0.15, 0.2) is 22.3 Å². The quantitative estimate of drug-likeness (QED) is 0.0521. The predicted octanol–water partition coefficient (Wildman–Crippen LogP) is 6.21. The average molecular weight is 835 g/mol. The summed E-state index contributed by atoms with van der Waals surface area (Å²) in [6.45, 7) is 6.94. The summed E-state index contributed by atoms with van der Waals surface area (Å²) < 4.78 is 66.8. The first kappa shape index (κ1) is 42.9. The maximum Gasteiger partial charge on any atom is 0.602 e. The molecule has 0 saturated heterocycles. The van der Waals surface area contributed by atoms with Gasteiger partial charge in [-0.3, -0.25) is 9.59 Å². The highest BCUT2D eigenvalue weighted by Crippen LogP contribution is 2.41. The summed E-state index contributed by atoms with van der Waals surface area (Å²) in [5.41, 5.74) is 4.10. The summed E-state index contributed by atoms with van der Waals surface area (Å²) in [4.78, 5) is 45.0. The molecular weight excluding hydrogens is 788 g/mol. The summed E-state index contributed by atoms with van der Waals surface area (Å²) in [6, 6.07) is 9.32. The third kappa shape index (κ3) is 10.9. The second kappa shape index (κ2) is 19.4. The molecule has 4 aromatic rings. The van der Waals surface area contributed by atoms with Crippen LogP contribution in [0, 0.1) is 19.7 Å². The number of rotatable bonds is 18. The SMILES string of the molecule is COC(=O)c1ccc(Oc2cc3c(cc2OCCOCCNC(=O)CCC2=[N+]([BH-](F)F)/C(=C\c4[nH]c(C)cc4C)C=C2)CCN[C@]3(C)CC(=O)Nc2nccs2)cc1F. The number of carbonyl (C=O) groups is 3. The minimum Gasteiger partial charge on any atom is -0.487 e. The third-order valence-corrected chi connectivity index (χ3v) is 10.6. The minimum absolute atomic E-state index is 0.0286. The molecule has 0 bridgehead atoms. The van der Waals surface area contributed by atoms with E-state index in [1.165, 1.54) is 23.5 Å². The van der Waals surface area contributed by atoms with Crippen molar-refractivity contribution >= 4 is 53.4 Å².